The topological polar surface area (TPSA) is 120 Å². The molecule has 0 amide bonds. The third-order valence-corrected chi connectivity index (χ3v) is 2.47. The summed E-state index contributed by atoms with van der Waals surface area (Å²) in [6, 6.07) is 2.79. The second-order valence-corrected chi connectivity index (χ2v) is 3.94. The van der Waals surface area contributed by atoms with Gasteiger partial charge >= 0.3 is 0 Å². The number of hydrogen-bond donors (Lipinski definition) is 2. The number of anilines is 2. The summed E-state index contributed by atoms with van der Waals surface area (Å²) < 4.78 is 0. The monoisotopic (exact) mass is 280 g/mol. The predicted molar refractivity (Wildman–Crippen MR) is 69.7 cm³/mol. The minimum Gasteiger partial charge on any atom is -0.384 e. The van der Waals surface area contributed by atoms with E-state index in [-0.39, 0.29) is 17.3 Å². The zero-order valence-electron chi connectivity index (χ0n) is 9.58. The summed E-state index contributed by atoms with van der Waals surface area (Å²) >= 11 is 5.88. The van der Waals surface area contributed by atoms with Crippen molar-refractivity contribution >= 4 is 28.9 Å². The van der Waals surface area contributed by atoms with E-state index in [0.29, 0.717) is 17.5 Å². The molecule has 0 saturated carbocycles. The first-order valence-corrected chi connectivity index (χ1v) is 5.55. The molecular weight excluding hydrogens is 272 g/mol. The maximum absolute atomic E-state index is 10.5. The Morgan fingerprint density at radius 1 is 1.47 bits per heavy atom. The van der Waals surface area contributed by atoms with E-state index < -0.39 is 4.92 Å². The quantitative estimate of drug-likeness (QED) is 0.645. The minimum absolute atomic E-state index is 0.151. The van der Waals surface area contributed by atoms with Crippen LogP contribution in [-0.4, -0.2) is 19.9 Å². The molecule has 2 heterocycles. The second kappa shape index (κ2) is 5.44. The minimum atomic E-state index is -0.566. The molecule has 0 fully saturated rings. The Hall–Kier alpha value is -2.48. The lowest BCUT2D eigenvalue weighted by atomic mass is 10.4. The summed E-state index contributed by atoms with van der Waals surface area (Å²) in [6.07, 6.45) is 2.65. The van der Waals surface area contributed by atoms with Crippen LogP contribution in [0.25, 0.3) is 0 Å². The second-order valence-electron chi connectivity index (χ2n) is 3.53. The summed E-state index contributed by atoms with van der Waals surface area (Å²) in [6.45, 7) is 0.259. The van der Waals surface area contributed by atoms with Crippen molar-refractivity contribution in [3.63, 3.8) is 0 Å². The van der Waals surface area contributed by atoms with E-state index in [1.54, 1.807) is 6.07 Å². The number of nitrogens with one attached hydrogen (secondary N) is 1. The van der Waals surface area contributed by atoms with Crippen LogP contribution in [0.5, 0.6) is 0 Å². The van der Waals surface area contributed by atoms with E-state index in [1.165, 1.54) is 12.3 Å². The molecule has 98 valence electrons. The SMILES string of the molecule is Nc1ccnc(CNc2ncc([N+](=O)[O-])cc2Cl)n1. The van der Waals surface area contributed by atoms with Crippen LogP contribution < -0.4 is 11.1 Å². The number of rotatable bonds is 4. The number of nitrogen functional groups attached to an aromatic ring is 1. The van der Waals surface area contributed by atoms with Crippen LogP contribution in [0.1, 0.15) is 5.82 Å². The van der Waals surface area contributed by atoms with Gasteiger partial charge in [-0.1, -0.05) is 11.6 Å². The molecule has 2 aromatic rings. The Kier molecular flexibility index (Phi) is 3.71. The van der Waals surface area contributed by atoms with Gasteiger partial charge in [-0.25, -0.2) is 15.0 Å². The fourth-order valence-electron chi connectivity index (χ4n) is 1.32. The van der Waals surface area contributed by atoms with Crippen LogP contribution in [0.2, 0.25) is 5.02 Å². The van der Waals surface area contributed by atoms with Crippen LogP contribution >= 0.6 is 11.6 Å². The lowest BCUT2D eigenvalue weighted by molar-refractivity contribution is -0.385. The largest absolute Gasteiger partial charge is 0.384 e. The Balaban J connectivity index is 2.10. The molecule has 2 aromatic heterocycles. The van der Waals surface area contributed by atoms with E-state index in [0.717, 1.165) is 6.20 Å². The van der Waals surface area contributed by atoms with Gasteiger partial charge in [0.25, 0.3) is 5.69 Å². The van der Waals surface area contributed by atoms with Gasteiger partial charge in [0.2, 0.25) is 0 Å². The zero-order chi connectivity index (χ0) is 13.8. The number of halogens is 1. The fraction of sp³-hybridized carbons (Fsp3) is 0.100. The Morgan fingerprint density at radius 3 is 2.89 bits per heavy atom. The van der Waals surface area contributed by atoms with Crippen LogP contribution in [0, 0.1) is 10.1 Å². The van der Waals surface area contributed by atoms with E-state index in [1.807, 2.05) is 0 Å². The number of nitro groups is 1. The standard InChI is InChI=1S/C10H9ClN6O2/c11-7-3-6(17(18)19)4-14-10(7)15-5-9-13-2-1-8(12)16-9/h1-4H,5H2,(H,14,15)(H2,12,13,16). The highest BCUT2D eigenvalue weighted by Gasteiger charge is 2.10. The van der Waals surface area contributed by atoms with Gasteiger partial charge in [0.05, 0.1) is 16.5 Å². The molecule has 8 nitrogen and oxygen atoms in total. The van der Waals surface area contributed by atoms with Gasteiger partial charge in [0.15, 0.2) is 0 Å². The van der Waals surface area contributed by atoms with Gasteiger partial charge in [-0.15, -0.1) is 0 Å². The molecule has 0 saturated heterocycles. The molecular formula is C10H9ClN6O2. The van der Waals surface area contributed by atoms with Crippen molar-refractivity contribution in [1.29, 1.82) is 0 Å². The Labute approximate surface area is 112 Å². The van der Waals surface area contributed by atoms with E-state index in [4.69, 9.17) is 17.3 Å². The van der Waals surface area contributed by atoms with E-state index >= 15 is 0 Å². The van der Waals surface area contributed by atoms with Crippen LogP contribution in [0.4, 0.5) is 17.3 Å². The van der Waals surface area contributed by atoms with Crippen molar-refractivity contribution in [1.82, 2.24) is 15.0 Å². The van der Waals surface area contributed by atoms with Crippen molar-refractivity contribution < 1.29 is 4.92 Å². The Bertz CT molecular complexity index is 621. The summed E-state index contributed by atoms with van der Waals surface area (Å²) in [4.78, 5) is 21.8. The summed E-state index contributed by atoms with van der Waals surface area (Å²) in [5, 5.41) is 13.6. The molecule has 19 heavy (non-hydrogen) atoms. The van der Waals surface area contributed by atoms with Crippen molar-refractivity contribution in [2.75, 3.05) is 11.1 Å². The zero-order valence-corrected chi connectivity index (χ0v) is 10.3. The molecule has 0 aromatic carbocycles. The van der Waals surface area contributed by atoms with E-state index in [9.17, 15) is 10.1 Å². The molecule has 0 aliphatic carbocycles. The average molecular weight is 281 g/mol. The highest BCUT2D eigenvalue weighted by Crippen LogP contribution is 2.23. The number of aromatic nitrogens is 3. The Morgan fingerprint density at radius 2 is 2.26 bits per heavy atom. The molecule has 0 aliphatic rings. The first kappa shape index (κ1) is 13.0. The summed E-state index contributed by atoms with van der Waals surface area (Å²) in [5.74, 6) is 1.14. The molecule has 0 spiro atoms. The molecule has 2 rings (SSSR count). The van der Waals surface area contributed by atoms with Gasteiger partial charge in [0, 0.05) is 12.3 Å². The average Bonchev–Trinajstić information content (AvgIpc) is 2.37. The lowest BCUT2D eigenvalue weighted by Crippen LogP contribution is -2.07. The van der Waals surface area contributed by atoms with Crippen molar-refractivity contribution in [3.8, 4) is 0 Å². The van der Waals surface area contributed by atoms with Gasteiger partial charge < -0.3 is 11.1 Å². The number of nitrogens with zero attached hydrogens (tertiary/aromatic N) is 4. The first-order chi connectivity index (χ1) is 9.06. The highest BCUT2D eigenvalue weighted by molar-refractivity contribution is 6.33. The van der Waals surface area contributed by atoms with E-state index in [2.05, 4.69) is 20.3 Å². The van der Waals surface area contributed by atoms with Gasteiger partial charge in [-0.05, 0) is 6.07 Å². The van der Waals surface area contributed by atoms with Crippen molar-refractivity contribution in [3.05, 3.63) is 45.5 Å². The van der Waals surface area contributed by atoms with Crippen molar-refractivity contribution in [2.24, 2.45) is 0 Å². The normalized spacial score (nSPS) is 10.2. The predicted octanol–water partition coefficient (Wildman–Crippen LogP) is 1.63. The van der Waals surface area contributed by atoms with Crippen molar-refractivity contribution in [2.45, 2.75) is 6.54 Å². The summed E-state index contributed by atoms with van der Waals surface area (Å²) in [5.41, 5.74) is 5.34. The van der Waals surface area contributed by atoms with Crippen LogP contribution in [0.15, 0.2) is 24.5 Å². The third-order valence-electron chi connectivity index (χ3n) is 2.18. The van der Waals surface area contributed by atoms with Crippen LogP contribution in [0.3, 0.4) is 0 Å². The molecule has 0 radical (unpaired) electrons. The summed E-state index contributed by atoms with van der Waals surface area (Å²) in [7, 11) is 0. The van der Waals surface area contributed by atoms with Crippen LogP contribution in [-0.2, 0) is 6.54 Å². The number of pyridine rings is 1. The number of hydrogen-bond acceptors (Lipinski definition) is 7. The van der Waals surface area contributed by atoms with Gasteiger partial charge in [-0.3, -0.25) is 10.1 Å². The maximum Gasteiger partial charge on any atom is 0.289 e. The highest BCUT2D eigenvalue weighted by atomic mass is 35.5. The molecule has 9 heteroatoms. The molecule has 0 atom stereocenters. The molecule has 0 bridgehead atoms. The van der Waals surface area contributed by atoms with Gasteiger partial charge in [-0.2, -0.15) is 0 Å². The molecule has 0 unspecified atom stereocenters. The first-order valence-electron chi connectivity index (χ1n) is 5.17. The molecule has 0 aliphatic heterocycles. The smallest absolute Gasteiger partial charge is 0.289 e. The molecule has 3 N–H and O–H groups in total. The maximum atomic E-state index is 10.5. The lowest BCUT2D eigenvalue weighted by Gasteiger charge is -2.06. The number of nitrogens with two attached hydrogens (primary N) is 1. The van der Waals surface area contributed by atoms with Gasteiger partial charge in [0.1, 0.15) is 23.7 Å². The fourth-order valence-corrected chi connectivity index (χ4v) is 1.55. The third kappa shape index (κ3) is 3.26.